The highest BCUT2D eigenvalue weighted by molar-refractivity contribution is 7.94. The van der Waals surface area contributed by atoms with Crippen molar-refractivity contribution in [2.24, 2.45) is 5.41 Å². The van der Waals surface area contributed by atoms with Crippen molar-refractivity contribution in [1.82, 2.24) is 0 Å². The summed E-state index contributed by atoms with van der Waals surface area (Å²) >= 11 is 5.90. The van der Waals surface area contributed by atoms with Crippen LogP contribution < -0.4 is 9.62 Å². The van der Waals surface area contributed by atoms with Gasteiger partial charge in [-0.25, -0.2) is 12.7 Å². The zero-order chi connectivity index (χ0) is 19.1. The van der Waals surface area contributed by atoms with Crippen LogP contribution in [0.25, 0.3) is 0 Å². The standard InChI is InChI=1S/C18H17ClN2O4S/c1-18(2)11-26(24,25)21(17(18)23)15-8-3-5-12(9-15)16(22)20-14-7-4-6-13(19)10-14/h3-10H,11H2,1-2H3,(H,20,22). The van der Waals surface area contributed by atoms with Gasteiger partial charge < -0.3 is 5.32 Å². The van der Waals surface area contributed by atoms with Gasteiger partial charge in [-0.1, -0.05) is 23.7 Å². The van der Waals surface area contributed by atoms with Crippen molar-refractivity contribution < 1.29 is 18.0 Å². The lowest BCUT2D eigenvalue weighted by atomic mass is 9.95. The Labute approximate surface area is 156 Å². The summed E-state index contributed by atoms with van der Waals surface area (Å²) in [7, 11) is -3.77. The fourth-order valence-corrected chi connectivity index (χ4v) is 5.09. The van der Waals surface area contributed by atoms with Gasteiger partial charge in [-0.15, -0.1) is 0 Å². The highest BCUT2D eigenvalue weighted by Gasteiger charge is 2.49. The minimum Gasteiger partial charge on any atom is -0.322 e. The molecule has 2 aromatic carbocycles. The first-order chi connectivity index (χ1) is 12.1. The highest BCUT2D eigenvalue weighted by atomic mass is 35.5. The third-order valence-electron chi connectivity index (χ3n) is 4.01. The molecule has 1 N–H and O–H groups in total. The van der Waals surface area contributed by atoms with Crippen LogP contribution in [-0.2, 0) is 14.8 Å². The molecule has 3 rings (SSSR count). The molecule has 0 aromatic heterocycles. The van der Waals surface area contributed by atoms with Gasteiger partial charge in [0.05, 0.1) is 16.9 Å². The van der Waals surface area contributed by atoms with Gasteiger partial charge in [0.2, 0.25) is 15.9 Å². The molecule has 0 bridgehead atoms. The molecule has 0 saturated carbocycles. The third kappa shape index (κ3) is 3.45. The normalized spacial score (nSPS) is 18.0. The van der Waals surface area contributed by atoms with E-state index in [-0.39, 0.29) is 17.0 Å². The first kappa shape index (κ1) is 18.4. The fourth-order valence-electron chi connectivity index (χ4n) is 2.80. The molecule has 0 aliphatic carbocycles. The average molecular weight is 393 g/mol. The van der Waals surface area contributed by atoms with Gasteiger partial charge in [-0.05, 0) is 50.2 Å². The predicted octanol–water partition coefficient (Wildman–Crippen LogP) is 3.29. The van der Waals surface area contributed by atoms with E-state index in [1.807, 2.05) is 0 Å². The molecular formula is C18H17ClN2O4S. The number of benzene rings is 2. The lowest BCUT2D eigenvalue weighted by Gasteiger charge is -2.18. The maximum Gasteiger partial charge on any atom is 0.255 e. The number of amides is 2. The topological polar surface area (TPSA) is 83.6 Å². The maximum atomic E-state index is 12.5. The van der Waals surface area contributed by atoms with Crippen molar-refractivity contribution in [3.63, 3.8) is 0 Å². The molecule has 1 aliphatic heterocycles. The van der Waals surface area contributed by atoms with E-state index in [2.05, 4.69) is 5.32 Å². The molecule has 1 heterocycles. The van der Waals surface area contributed by atoms with E-state index < -0.39 is 27.3 Å². The summed E-state index contributed by atoms with van der Waals surface area (Å²) in [6.45, 7) is 3.17. The molecule has 0 unspecified atom stereocenters. The monoisotopic (exact) mass is 392 g/mol. The number of hydrogen-bond acceptors (Lipinski definition) is 4. The Morgan fingerprint density at radius 1 is 1.15 bits per heavy atom. The second-order valence-corrected chi connectivity index (χ2v) is 8.98. The molecule has 0 radical (unpaired) electrons. The Morgan fingerprint density at radius 3 is 2.46 bits per heavy atom. The molecule has 136 valence electrons. The molecular weight excluding hydrogens is 376 g/mol. The Balaban J connectivity index is 1.91. The van der Waals surface area contributed by atoms with Crippen LogP contribution in [0.1, 0.15) is 24.2 Å². The van der Waals surface area contributed by atoms with Crippen LogP contribution in [0, 0.1) is 5.41 Å². The second kappa shape index (κ2) is 6.41. The average Bonchev–Trinajstić information content (AvgIpc) is 2.70. The van der Waals surface area contributed by atoms with E-state index in [4.69, 9.17) is 11.6 Å². The summed E-state index contributed by atoms with van der Waals surface area (Å²) < 4.78 is 25.6. The fraction of sp³-hybridized carbons (Fsp3) is 0.222. The molecule has 1 saturated heterocycles. The van der Waals surface area contributed by atoms with E-state index in [9.17, 15) is 18.0 Å². The molecule has 2 amide bonds. The van der Waals surface area contributed by atoms with Crippen LogP contribution in [0.2, 0.25) is 5.02 Å². The number of nitrogens with one attached hydrogen (secondary N) is 1. The predicted molar refractivity (Wildman–Crippen MR) is 101 cm³/mol. The molecule has 8 heteroatoms. The Hall–Kier alpha value is -2.38. The zero-order valence-corrected chi connectivity index (χ0v) is 15.8. The summed E-state index contributed by atoms with van der Waals surface area (Å²) in [6.07, 6.45) is 0. The second-order valence-electron chi connectivity index (χ2n) is 6.72. The van der Waals surface area contributed by atoms with Crippen LogP contribution in [-0.4, -0.2) is 26.0 Å². The zero-order valence-electron chi connectivity index (χ0n) is 14.2. The van der Waals surface area contributed by atoms with E-state index in [1.165, 1.54) is 18.2 Å². The van der Waals surface area contributed by atoms with Gasteiger partial charge in [-0.2, -0.15) is 0 Å². The number of hydrogen-bond donors (Lipinski definition) is 1. The Morgan fingerprint density at radius 2 is 1.85 bits per heavy atom. The van der Waals surface area contributed by atoms with E-state index >= 15 is 0 Å². The van der Waals surface area contributed by atoms with Crippen LogP contribution in [0.4, 0.5) is 11.4 Å². The summed E-state index contributed by atoms with van der Waals surface area (Å²) in [5, 5.41) is 3.17. The molecule has 0 atom stereocenters. The van der Waals surface area contributed by atoms with E-state index in [0.717, 1.165) is 4.31 Å². The number of sulfonamides is 1. The molecule has 1 aliphatic rings. The Bertz CT molecular complexity index is 1000. The van der Waals surface area contributed by atoms with Gasteiger partial charge in [0.1, 0.15) is 0 Å². The van der Waals surface area contributed by atoms with E-state index in [1.54, 1.807) is 44.2 Å². The van der Waals surface area contributed by atoms with Crippen molar-refractivity contribution in [3.05, 3.63) is 59.1 Å². The summed E-state index contributed by atoms with van der Waals surface area (Å²) in [6, 6.07) is 12.6. The van der Waals surface area contributed by atoms with Gasteiger partial charge in [0.25, 0.3) is 5.91 Å². The van der Waals surface area contributed by atoms with Gasteiger partial charge in [-0.3, -0.25) is 9.59 Å². The lowest BCUT2D eigenvalue weighted by molar-refractivity contribution is -0.123. The quantitative estimate of drug-likeness (QED) is 0.868. The summed E-state index contributed by atoms with van der Waals surface area (Å²) in [4.78, 5) is 24.9. The number of carbonyl (C=O) groups is 2. The maximum absolute atomic E-state index is 12.5. The third-order valence-corrected chi connectivity index (χ3v) is 6.26. The number of rotatable bonds is 3. The minimum absolute atomic E-state index is 0.152. The van der Waals surface area contributed by atoms with Crippen molar-refractivity contribution >= 4 is 44.8 Å². The smallest absolute Gasteiger partial charge is 0.255 e. The molecule has 0 spiro atoms. The number of carbonyl (C=O) groups excluding carboxylic acids is 2. The summed E-state index contributed by atoms with van der Waals surface area (Å²) in [5.41, 5.74) is -0.105. The Kier molecular flexibility index (Phi) is 4.54. The molecule has 26 heavy (non-hydrogen) atoms. The molecule has 1 fully saturated rings. The number of halogens is 1. The van der Waals surface area contributed by atoms with E-state index in [0.29, 0.717) is 10.7 Å². The van der Waals surface area contributed by atoms with Gasteiger partial charge in [0, 0.05) is 16.3 Å². The van der Waals surface area contributed by atoms with Gasteiger partial charge >= 0.3 is 0 Å². The van der Waals surface area contributed by atoms with Crippen molar-refractivity contribution in [2.45, 2.75) is 13.8 Å². The van der Waals surface area contributed by atoms with Crippen molar-refractivity contribution in [3.8, 4) is 0 Å². The van der Waals surface area contributed by atoms with Crippen LogP contribution in [0.3, 0.4) is 0 Å². The molecule has 2 aromatic rings. The first-order valence-corrected chi connectivity index (χ1v) is 9.83. The number of nitrogens with zero attached hydrogens (tertiary/aromatic N) is 1. The van der Waals surface area contributed by atoms with Crippen LogP contribution in [0.5, 0.6) is 0 Å². The van der Waals surface area contributed by atoms with Crippen LogP contribution >= 0.6 is 11.6 Å². The van der Waals surface area contributed by atoms with Crippen LogP contribution in [0.15, 0.2) is 48.5 Å². The highest BCUT2D eigenvalue weighted by Crippen LogP contribution is 2.36. The number of anilines is 2. The van der Waals surface area contributed by atoms with Crippen molar-refractivity contribution in [2.75, 3.05) is 15.4 Å². The van der Waals surface area contributed by atoms with Crippen molar-refractivity contribution in [1.29, 1.82) is 0 Å². The lowest BCUT2D eigenvalue weighted by Crippen LogP contribution is -2.33. The summed E-state index contributed by atoms with van der Waals surface area (Å²) in [5.74, 6) is -1.21. The van der Waals surface area contributed by atoms with Gasteiger partial charge in [0.15, 0.2) is 0 Å². The molecule has 6 nitrogen and oxygen atoms in total. The SMILES string of the molecule is CC1(C)CS(=O)(=O)N(c2cccc(C(=O)Nc3cccc(Cl)c3)c2)C1=O. The first-order valence-electron chi connectivity index (χ1n) is 7.85. The largest absolute Gasteiger partial charge is 0.322 e. The minimum atomic E-state index is -3.77.